The second kappa shape index (κ2) is 9.46. The molecular weight excluding hydrogens is 505 g/mol. The number of halogens is 9. The summed E-state index contributed by atoms with van der Waals surface area (Å²) in [6, 6.07) is 0.150. The van der Waals surface area contributed by atoms with Crippen LogP contribution in [-0.4, -0.2) is 46.5 Å². The SMILES string of the molecule is O=C(Nc1cc(OCC(F)(F)F)nc(OCC(F)(F)F)n1)N(C1=CC1)c1ccc(C(F)(F)F)nc1. The molecular formula is C18H12F9N5O3. The Morgan fingerprint density at radius 2 is 1.60 bits per heavy atom. The van der Waals surface area contributed by atoms with Crippen molar-refractivity contribution < 1.29 is 53.8 Å². The summed E-state index contributed by atoms with van der Waals surface area (Å²) in [6.45, 7) is -3.74. The zero-order chi connectivity index (χ0) is 26.0. The zero-order valence-electron chi connectivity index (χ0n) is 16.9. The van der Waals surface area contributed by atoms with Gasteiger partial charge in [-0.05, 0) is 12.1 Å². The lowest BCUT2D eigenvalue weighted by Gasteiger charge is -2.21. The number of anilines is 2. The Hall–Kier alpha value is -3.79. The number of rotatable bonds is 7. The number of carbonyl (C=O) groups is 1. The summed E-state index contributed by atoms with van der Waals surface area (Å²) in [7, 11) is 0. The molecule has 2 aromatic rings. The minimum absolute atomic E-state index is 0.101. The number of alkyl halides is 9. The fourth-order valence-electron chi connectivity index (χ4n) is 2.40. The Morgan fingerprint density at radius 1 is 0.971 bits per heavy atom. The van der Waals surface area contributed by atoms with Crippen molar-refractivity contribution >= 4 is 17.5 Å². The molecule has 0 radical (unpaired) electrons. The molecule has 0 atom stereocenters. The van der Waals surface area contributed by atoms with Crippen molar-refractivity contribution in [1.82, 2.24) is 15.0 Å². The lowest BCUT2D eigenvalue weighted by atomic mass is 10.3. The summed E-state index contributed by atoms with van der Waals surface area (Å²) in [6.07, 6.45) is -11.8. The maximum atomic E-state index is 12.8. The number of allylic oxidation sites excluding steroid dienone is 2. The van der Waals surface area contributed by atoms with Gasteiger partial charge in [-0.2, -0.15) is 49.5 Å². The van der Waals surface area contributed by atoms with Crippen molar-refractivity contribution in [3.8, 4) is 11.9 Å². The fraction of sp³-hybridized carbons (Fsp3) is 0.333. The number of nitrogens with zero attached hydrogens (tertiary/aromatic N) is 4. The molecule has 35 heavy (non-hydrogen) atoms. The highest BCUT2D eigenvalue weighted by molar-refractivity contribution is 6.04. The van der Waals surface area contributed by atoms with Crippen LogP contribution in [0.15, 0.2) is 36.2 Å². The summed E-state index contributed by atoms with van der Waals surface area (Å²) in [4.78, 5) is 23.7. The number of hydrogen-bond acceptors (Lipinski definition) is 6. The fourth-order valence-corrected chi connectivity index (χ4v) is 2.40. The molecule has 190 valence electrons. The third-order valence-corrected chi connectivity index (χ3v) is 3.84. The van der Waals surface area contributed by atoms with Gasteiger partial charge >= 0.3 is 30.6 Å². The van der Waals surface area contributed by atoms with E-state index in [0.29, 0.717) is 17.8 Å². The topological polar surface area (TPSA) is 89.5 Å². The van der Waals surface area contributed by atoms with Crippen LogP contribution >= 0.6 is 0 Å². The Labute approximate surface area is 189 Å². The molecule has 1 N–H and O–H groups in total. The van der Waals surface area contributed by atoms with Gasteiger partial charge in [0.05, 0.1) is 11.9 Å². The normalized spacial score (nSPS) is 13.7. The third kappa shape index (κ3) is 7.89. The van der Waals surface area contributed by atoms with Crippen LogP contribution in [0.4, 0.5) is 55.8 Å². The van der Waals surface area contributed by atoms with Crippen molar-refractivity contribution in [2.45, 2.75) is 24.9 Å². The van der Waals surface area contributed by atoms with Crippen LogP contribution in [0.3, 0.4) is 0 Å². The summed E-state index contributed by atoms with van der Waals surface area (Å²) < 4.78 is 122. The Bertz CT molecular complexity index is 1060. The van der Waals surface area contributed by atoms with Crippen molar-refractivity contribution in [2.24, 2.45) is 0 Å². The van der Waals surface area contributed by atoms with E-state index in [0.717, 1.165) is 17.2 Å². The van der Waals surface area contributed by atoms with Gasteiger partial charge in [0.15, 0.2) is 13.2 Å². The summed E-state index contributed by atoms with van der Waals surface area (Å²) in [5.74, 6) is -1.47. The molecule has 0 spiro atoms. The zero-order valence-corrected chi connectivity index (χ0v) is 16.9. The first kappa shape index (κ1) is 25.8. The smallest absolute Gasteiger partial charge is 0.433 e. The molecule has 1 aliphatic carbocycles. The maximum Gasteiger partial charge on any atom is 0.433 e. The Balaban J connectivity index is 1.84. The highest BCUT2D eigenvalue weighted by atomic mass is 19.4. The molecule has 17 heteroatoms. The molecule has 0 fully saturated rings. The first-order valence-corrected chi connectivity index (χ1v) is 9.22. The molecule has 2 heterocycles. The number of amides is 2. The molecule has 1 aliphatic rings. The number of carbonyl (C=O) groups excluding carboxylic acids is 1. The maximum absolute atomic E-state index is 12.8. The van der Waals surface area contributed by atoms with Crippen LogP contribution in [0.2, 0.25) is 0 Å². The van der Waals surface area contributed by atoms with E-state index in [1.165, 1.54) is 6.08 Å². The average molecular weight is 517 g/mol. The van der Waals surface area contributed by atoms with Crippen LogP contribution in [-0.2, 0) is 6.18 Å². The van der Waals surface area contributed by atoms with Crippen LogP contribution in [0.25, 0.3) is 0 Å². The highest BCUT2D eigenvalue weighted by Crippen LogP contribution is 2.33. The highest BCUT2D eigenvalue weighted by Gasteiger charge is 2.34. The van der Waals surface area contributed by atoms with Crippen molar-refractivity contribution in [3.63, 3.8) is 0 Å². The van der Waals surface area contributed by atoms with Gasteiger partial charge < -0.3 is 9.47 Å². The van der Waals surface area contributed by atoms with Gasteiger partial charge in [-0.25, -0.2) is 9.78 Å². The molecule has 8 nitrogen and oxygen atoms in total. The van der Waals surface area contributed by atoms with Crippen LogP contribution in [0, 0.1) is 0 Å². The van der Waals surface area contributed by atoms with Crippen molar-refractivity contribution in [3.05, 3.63) is 41.9 Å². The second-order valence-corrected chi connectivity index (χ2v) is 6.75. The summed E-state index contributed by atoms with van der Waals surface area (Å²) in [5.41, 5.74) is -0.990. The molecule has 2 aromatic heterocycles. The van der Waals surface area contributed by atoms with Gasteiger partial charge in [-0.1, -0.05) is 6.08 Å². The molecule has 3 rings (SSSR count). The lowest BCUT2D eigenvalue weighted by molar-refractivity contribution is -0.155. The minimum Gasteiger partial charge on any atom is -0.468 e. The molecule has 0 bridgehead atoms. The number of nitrogens with one attached hydrogen (secondary N) is 1. The summed E-state index contributed by atoms with van der Waals surface area (Å²) >= 11 is 0. The van der Waals surface area contributed by atoms with Crippen LogP contribution in [0.1, 0.15) is 12.1 Å². The van der Waals surface area contributed by atoms with E-state index in [1.54, 1.807) is 0 Å². The van der Waals surface area contributed by atoms with Gasteiger partial charge in [0.1, 0.15) is 11.5 Å². The van der Waals surface area contributed by atoms with E-state index in [4.69, 9.17) is 0 Å². The van der Waals surface area contributed by atoms with E-state index in [9.17, 15) is 44.3 Å². The predicted octanol–water partition coefficient (Wildman–Crippen LogP) is 5.10. The molecule has 2 amide bonds. The molecule has 0 aliphatic heterocycles. The van der Waals surface area contributed by atoms with E-state index in [1.807, 2.05) is 0 Å². The number of ether oxygens (including phenoxy) is 2. The van der Waals surface area contributed by atoms with Crippen LogP contribution < -0.4 is 19.7 Å². The minimum atomic E-state index is -4.83. The van der Waals surface area contributed by atoms with E-state index >= 15 is 0 Å². The van der Waals surface area contributed by atoms with Gasteiger partial charge in [0.2, 0.25) is 5.88 Å². The quantitative estimate of drug-likeness (QED) is 0.515. The third-order valence-electron chi connectivity index (χ3n) is 3.84. The molecule has 0 saturated heterocycles. The van der Waals surface area contributed by atoms with E-state index in [2.05, 4.69) is 29.7 Å². The van der Waals surface area contributed by atoms with Crippen molar-refractivity contribution in [1.29, 1.82) is 0 Å². The van der Waals surface area contributed by atoms with E-state index in [-0.39, 0.29) is 12.1 Å². The summed E-state index contributed by atoms with van der Waals surface area (Å²) in [5, 5.41) is 2.10. The Kier molecular flexibility index (Phi) is 6.98. The van der Waals surface area contributed by atoms with Crippen LogP contribution in [0.5, 0.6) is 11.9 Å². The average Bonchev–Trinajstić information content (AvgIpc) is 3.54. The van der Waals surface area contributed by atoms with Crippen molar-refractivity contribution in [2.75, 3.05) is 23.4 Å². The largest absolute Gasteiger partial charge is 0.468 e. The number of aromatic nitrogens is 3. The van der Waals surface area contributed by atoms with Gasteiger partial charge in [-0.3, -0.25) is 10.2 Å². The second-order valence-electron chi connectivity index (χ2n) is 6.75. The first-order valence-electron chi connectivity index (χ1n) is 9.22. The number of urea groups is 1. The molecule has 0 aromatic carbocycles. The number of pyridine rings is 1. The molecule has 0 unspecified atom stereocenters. The predicted molar refractivity (Wildman–Crippen MR) is 98.6 cm³/mol. The van der Waals surface area contributed by atoms with Gasteiger partial charge in [0.25, 0.3) is 0 Å². The number of hydrogen-bond donors (Lipinski definition) is 1. The standard InChI is InChI=1S/C18H12F9N5O3/c19-16(20,21)7-34-13-5-12(29-14(31-13)35-8-17(22,23)24)30-15(33)32(9-1-2-9)10-3-4-11(28-6-10)18(25,26)27/h1,3-6H,2,7-8H2,(H,29,30,31,33). The van der Waals surface area contributed by atoms with Gasteiger partial charge in [-0.15, -0.1) is 0 Å². The van der Waals surface area contributed by atoms with Gasteiger partial charge in [0, 0.05) is 18.2 Å². The Morgan fingerprint density at radius 3 is 2.11 bits per heavy atom. The molecule has 0 saturated carbocycles. The monoisotopic (exact) mass is 517 g/mol. The first-order chi connectivity index (χ1) is 16.1. The lowest BCUT2D eigenvalue weighted by Crippen LogP contribution is -2.32. The van der Waals surface area contributed by atoms with E-state index < -0.39 is 61.2 Å².